The second kappa shape index (κ2) is 4.51. The zero-order valence-electron chi connectivity index (χ0n) is 10.2. The minimum atomic E-state index is -0.458. The Morgan fingerprint density at radius 1 is 1.58 bits per heavy atom. The van der Waals surface area contributed by atoms with E-state index in [1.165, 1.54) is 12.1 Å². The molecule has 19 heavy (non-hydrogen) atoms. The lowest BCUT2D eigenvalue weighted by molar-refractivity contribution is -0.384. The van der Waals surface area contributed by atoms with Gasteiger partial charge in [0.05, 0.1) is 17.6 Å². The van der Waals surface area contributed by atoms with Crippen LogP contribution in [0.4, 0.5) is 11.7 Å². The molecular formula is C12H13N3O4. The van der Waals surface area contributed by atoms with Crippen LogP contribution in [0.2, 0.25) is 0 Å². The number of nitro benzene ring substituents is 1. The molecule has 7 nitrogen and oxygen atoms in total. The number of aromatic nitrogens is 1. The topological polar surface area (TPSA) is 92.6 Å². The summed E-state index contributed by atoms with van der Waals surface area (Å²) in [5.74, 6) is 0. The van der Waals surface area contributed by atoms with Crippen LogP contribution in [0, 0.1) is 10.1 Å². The van der Waals surface area contributed by atoms with Crippen molar-refractivity contribution in [2.45, 2.75) is 18.9 Å². The van der Waals surface area contributed by atoms with Crippen LogP contribution < -0.4 is 4.90 Å². The lowest BCUT2D eigenvalue weighted by Gasteiger charge is -2.20. The number of aliphatic hydroxyl groups is 1. The second-order valence-corrected chi connectivity index (χ2v) is 4.58. The summed E-state index contributed by atoms with van der Waals surface area (Å²) in [6.07, 6.45) is 1.87. The van der Waals surface area contributed by atoms with Crippen molar-refractivity contribution in [2.24, 2.45) is 0 Å². The largest absolute Gasteiger partial charge is 0.423 e. The monoisotopic (exact) mass is 263 g/mol. The Hall–Kier alpha value is -2.15. The molecule has 0 bridgehead atoms. The van der Waals surface area contributed by atoms with Gasteiger partial charge in [-0.25, -0.2) is 0 Å². The van der Waals surface area contributed by atoms with Gasteiger partial charge in [-0.05, 0) is 18.9 Å². The summed E-state index contributed by atoms with van der Waals surface area (Å²) in [6.45, 7) is 0.832. The Morgan fingerprint density at radius 3 is 3.16 bits per heavy atom. The normalized spacial score (nSPS) is 19.2. The highest BCUT2D eigenvalue weighted by atomic mass is 16.6. The van der Waals surface area contributed by atoms with Crippen LogP contribution in [0.25, 0.3) is 11.1 Å². The van der Waals surface area contributed by atoms with Gasteiger partial charge in [0.2, 0.25) is 0 Å². The van der Waals surface area contributed by atoms with Gasteiger partial charge in [0.1, 0.15) is 5.52 Å². The second-order valence-electron chi connectivity index (χ2n) is 4.58. The number of hydrogen-bond acceptors (Lipinski definition) is 6. The molecule has 0 amide bonds. The van der Waals surface area contributed by atoms with Crippen LogP contribution in [0.5, 0.6) is 0 Å². The molecule has 1 N–H and O–H groups in total. The third kappa shape index (κ3) is 2.01. The molecule has 2 heterocycles. The maximum atomic E-state index is 10.7. The molecule has 2 aromatic rings. The molecule has 1 aromatic carbocycles. The Kier molecular flexibility index (Phi) is 2.83. The van der Waals surface area contributed by atoms with Gasteiger partial charge in [-0.15, -0.1) is 0 Å². The third-order valence-corrected chi connectivity index (χ3v) is 3.40. The van der Waals surface area contributed by atoms with Crippen molar-refractivity contribution in [2.75, 3.05) is 18.1 Å². The lowest BCUT2D eigenvalue weighted by Crippen LogP contribution is -2.32. The first-order valence-electron chi connectivity index (χ1n) is 6.11. The van der Waals surface area contributed by atoms with E-state index >= 15 is 0 Å². The number of hydrogen-bond donors (Lipinski definition) is 1. The van der Waals surface area contributed by atoms with Crippen LogP contribution in [0.15, 0.2) is 22.6 Å². The van der Waals surface area contributed by atoms with Crippen molar-refractivity contribution >= 4 is 22.8 Å². The number of benzene rings is 1. The standard InChI is InChI=1S/C12H13N3O4/c16-7-9-2-1-5-14(9)12-13-10-6-8(15(17)18)3-4-11(10)19-12/h3-4,6,9,16H,1-2,5,7H2. The molecule has 1 saturated heterocycles. The van der Waals surface area contributed by atoms with Gasteiger partial charge < -0.3 is 14.4 Å². The fourth-order valence-electron chi connectivity index (χ4n) is 2.42. The van der Waals surface area contributed by atoms with Gasteiger partial charge in [0.15, 0.2) is 5.58 Å². The van der Waals surface area contributed by atoms with Gasteiger partial charge in [-0.3, -0.25) is 10.1 Å². The molecule has 1 unspecified atom stereocenters. The third-order valence-electron chi connectivity index (χ3n) is 3.40. The summed E-state index contributed by atoms with van der Waals surface area (Å²) in [5.41, 5.74) is 0.976. The van der Waals surface area contributed by atoms with Crippen molar-refractivity contribution in [3.8, 4) is 0 Å². The zero-order valence-corrected chi connectivity index (χ0v) is 10.2. The van der Waals surface area contributed by atoms with E-state index in [9.17, 15) is 15.2 Å². The molecule has 1 fully saturated rings. The Balaban J connectivity index is 1.99. The van der Waals surface area contributed by atoms with Crippen molar-refractivity contribution in [1.29, 1.82) is 0 Å². The maximum absolute atomic E-state index is 10.7. The number of fused-ring (bicyclic) bond motifs is 1. The highest BCUT2D eigenvalue weighted by molar-refractivity contribution is 5.77. The predicted molar refractivity (Wildman–Crippen MR) is 68.1 cm³/mol. The average molecular weight is 263 g/mol. The molecule has 1 atom stereocenters. The number of aliphatic hydroxyl groups excluding tert-OH is 1. The number of non-ortho nitro benzene ring substituents is 1. The van der Waals surface area contributed by atoms with Crippen LogP contribution in [-0.2, 0) is 0 Å². The van der Waals surface area contributed by atoms with Crippen molar-refractivity contribution in [3.63, 3.8) is 0 Å². The average Bonchev–Trinajstić information content (AvgIpc) is 3.03. The van der Waals surface area contributed by atoms with Crippen LogP contribution in [-0.4, -0.2) is 34.2 Å². The first-order chi connectivity index (χ1) is 9.19. The van der Waals surface area contributed by atoms with E-state index in [1.807, 2.05) is 4.90 Å². The molecule has 0 radical (unpaired) electrons. The van der Waals surface area contributed by atoms with Crippen LogP contribution in [0.3, 0.4) is 0 Å². The Labute approximate surface area is 108 Å². The molecule has 0 aliphatic carbocycles. The SMILES string of the molecule is O=[N+]([O-])c1ccc2oc(N3CCCC3CO)nc2c1. The highest BCUT2D eigenvalue weighted by Crippen LogP contribution is 2.29. The first-order valence-corrected chi connectivity index (χ1v) is 6.11. The van der Waals surface area contributed by atoms with Gasteiger partial charge in [-0.2, -0.15) is 4.98 Å². The maximum Gasteiger partial charge on any atom is 0.298 e. The number of oxazole rings is 1. The fourth-order valence-corrected chi connectivity index (χ4v) is 2.42. The molecule has 1 aliphatic rings. The molecule has 100 valence electrons. The fraction of sp³-hybridized carbons (Fsp3) is 0.417. The van der Waals surface area contributed by atoms with E-state index in [1.54, 1.807) is 6.07 Å². The molecule has 0 saturated carbocycles. The number of rotatable bonds is 3. The summed E-state index contributed by atoms with van der Waals surface area (Å²) in [7, 11) is 0. The summed E-state index contributed by atoms with van der Waals surface area (Å²) < 4.78 is 5.60. The minimum Gasteiger partial charge on any atom is -0.423 e. The lowest BCUT2D eigenvalue weighted by atomic mass is 10.2. The van der Waals surface area contributed by atoms with Gasteiger partial charge in [-0.1, -0.05) is 0 Å². The molecular weight excluding hydrogens is 250 g/mol. The number of nitro groups is 1. The Morgan fingerprint density at radius 2 is 2.42 bits per heavy atom. The predicted octanol–water partition coefficient (Wildman–Crippen LogP) is 1.70. The molecule has 0 spiro atoms. The van der Waals surface area contributed by atoms with Gasteiger partial charge >= 0.3 is 0 Å². The minimum absolute atomic E-state index is 0.00696. The van der Waals surface area contributed by atoms with E-state index in [0.717, 1.165) is 19.4 Å². The van der Waals surface area contributed by atoms with Gasteiger partial charge in [0.25, 0.3) is 11.7 Å². The first kappa shape index (κ1) is 11.9. The molecule has 1 aromatic heterocycles. The number of nitrogens with zero attached hydrogens (tertiary/aromatic N) is 3. The smallest absolute Gasteiger partial charge is 0.298 e. The van der Waals surface area contributed by atoms with Gasteiger partial charge in [0, 0.05) is 18.7 Å². The van der Waals surface area contributed by atoms with Crippen molar-refractivity contribution < 1.29 is 14.4 Å². The van der Waals surface area contributed by atoms with Crippen molar-refractivity contribution in [1.82, 2.24) is 4.98 Å². The van der Waals surface area contributed by atoms with E-state index in [2.05, 4.69) is 4.98 Å². The molecule has 7 heteroatoms. The summed E-state index contributed by atoms with van der Waals surface area (Å²) in [6, 6.07) is 4.78. The summed E-state index contributed by atoms with van der Waals surface area (Å²) >= 11 is 0. The van der Waals surface area contributed by atoms with E-state index < -0.39 is 4.92 Å². The summed E-state index contributed by atoms with van der Waals surface area (Å²) in [5, 5.41) is 20.0. The zero-order chi connectivity index (χ0) is 13.4. The summed E-state index contributed by atoms with van der Waals surface area (Å²) in [4.78, 5) is 16.4. The highest BCUT2D eigenvalue weighted by Gasteiger charge is 2.27. The van der Waals surface area contributed by atoms with Crippen LogP contribution >= 0.6 is 0 Å². The van der Waals surface area contributed by atoms with Crippen molar-refractivity contribution in [3.05, 3.63) is 28.3 Å². The molecule has 1 aliphatic heterocycles. The number of anilines is 1. The van der Waals surface area contributed by atoms with E-state index in [4.69, 9.17) is 4.42 Å². The molecule has 3 rings (SSSR count). The van der Waals surface area contributed by atoms with E-state index in [0.29, 0.717) is 17.1 Å². The van der Waals surface area contributed by atoms with E-state index in [-0.39, 0.29) is 18.3 Å². The Bertz CT molecular complexity index is 624. The van der Waals surface area contributed by atoms with Crippen LogP contribution in [0.1, 0.15) is 12.8 Å². The quantitative estimate of drug-likeness (QED) is 0.669.